The fraction of sp³-hybridized carbons (Fsp3) is 0.222. The smallest absolute Gasteiger partial charge is 0.255 e. The predicted molar refractivity (Wildman–Crippen MR) is 136 cm³/mol. The van der Waals surface area contributed by atoms with Gasteiger partial charge < -0.3 is 15.5 Å². The number of benzene rings is 3. The molecule has 1 aliphatic rings. The highest BCUT2D eigenvalue weighted by Gasteiger charge is 2.15. The summed E-state index contributed by atoms with van der Waals surface area (Å²) < 4.78 is 1.60. The Hall–Kier alpha value is -4.37. The number of carbonyl (C=O) groups is 2. The third-order valence-corrected chi connectivity index (χ3v) is 6.31. The van der Waals surface area contributed by atoms with Gasteiger partial charge in [-0.2, -0.15) is 4.68 Å². The minimum Gasteiger partial charge on any atom is -0.348 e. The first kappa shape index (κ1) is 23.4. The number of rotatable bonds is 6. The van der Waals surface area contributed by atoms with Crippen LogP contribution in [0.2, 0.25) is 0 Å². The molecular weight excluding hydrogens is 454 g/mol. The van der Waals surface area contributed by atoms with Gasteiger partial charge in [-0.3, -0.25) is 9.59 Å². The summed E-state index contributed by atoms with van der Waals surface area (Å²) in [6.07, 6.45) is 1.02. The molecule has 0 fully saturated rings. The van der Waals surface area contributed by atoms with E-state index >= 15 is 0 Å². The SMILES string of the molecule is Cc1nnnn1-c1ccc(C(=O)NCc2cccc(C(=O)Nc3ccc4c(c3)CN(C)CC4)c2)cc1. The first-order chi connectivity index (χ1) is 17.5. The summed E-state index contributed by atoms with van der Waals surface area (Å²) in [4.78, 5) is 27.8. The molecule has 182 valence electrons. The third kappa shape index (κ3) is 5.16. The number of amides is 2. The number of nitrogens with one attached hydrogen (secondary N) is 2. The molecule has 2 amide bonds. The number of nitrogens with zero attached hydrogens (tertiary/aromatic N) is 5. The van der Waals surface area contributed by atoms with Gasteiger partial charge >= 0.3 is 0 Å². The number of likely N-dealkylation sites (N-methyl/N-ethyl adjacent to an activating group) is 1. The molecule has 0 saturated carbocycles. The zero-order valence-electron chi connectivity index (χ0n) is 20.2. The van der Waals surface area contributed by atoms with Crippen LogP contribution < -0.4 is 10.6 Å². The molecule has 0 atom stereocenters. The van der Waals surface area contributed by atoms with Gasteiger partial charge in [0.1, 0.15) is 0 Å². The van der Waals surface area contributed by atoms with Crippen molar-refractivity contribution in [1.82, 2.24) is 30.4 Å². The van der Waals surface area contributed by atoms with Gasteiger partial charge in [0.2, 0.25) is 0 Å². The lowest BCUT2D eigenvalue weighted by Crippen LogP contribution is -2.26. The van der Waals surface area contributed by atoms with Crippen LogP contribution in [0.15, 0.2) is 66.7 Å². The molecule has 1 aromatic heterocycles. The third-order valence-electron chi connectivity index (χ3n) is 6.31. The van der Waals surface area contributed by atoms with Gasteiger partial charge in [0, 0.05) is 36.4 Å². The summed E-state index contributed by atoms with van der Waals surface area (Å²) in [6.45, 7) is 4.04. The van der Waals surface area contributed by atoms with Crippen LogP contribution in [0.4, 0.5) is 5.69 Å². The zero-order chi connectivity index (χ0) is 25.1. The first-order valence-electron chi connectivity index (χ1n) is 11.8. The summed E-state index contributed by atoms with van der Waals surface area (Å²) in [5.41, 5.74) is 6.05. The van der Waals surface area contributed by atoms with E-state index in [4.69, 9.17) is 0 Å². The molecule has 1 aliphatic heterocycles. The number of hydrogen-bond donors (Lipinski definition) is 2. The van der Waals surface area contributed by atoms with Crippen molar-refractivity contribution in [3.8, 4) is 5.69 Å². The molecule has 9 nitrogen and oxygen atoms in total. The van der Waals surface area contributed by atoms with Crippen molar-refractivity contribution in [1.29, 1.82) is 0 Å². The normalized spacial score (nSPS) is 13.2. The van der Waals surface area contributed by atoms with Gasteiger partial charge in [-0.15, -0.1) is 5.10 Å². The summed E-state index contributed by atoms with van der Waals surface area (Å²) in [7, 11) is 2.10. The molecular formula is C27H27N7O2. The lowest BCUT2D eigenvalue weighted by molar-refractivity contribution is 0.0950. The number of carbonyl (C=O) groups excluding carboxylic acids is 2. The molecule has 2 heterocycles. The predicted octanol–water partition coefficient (Wildman–Crippen LogP) is 3.14. The summed E-state index contributed by atoms with van der Waals surface area (Å²) >= 11 is 0. The molecule has 5 rings (SSSR count). The topological polar surface area (TPSA) is 105 Å². The van der Waals surface area contributed by atoms with Crippen molar-refractivity contribution in [3.05, 3.63) is 100 Å². The molecule has 0 saturated heterocycles. The van der Waals surface area contributed by atoms with Crippen LogP contribution in [0.5, 0.6) is 0 Å². The van der Waals surface area contributed by atoms with E-state index in [0.717, 1.165) is 36.4 Å². The minimum absolute atomic E-state index is 0.180. The van der Waals surface area contributed by atoms with Crippen LogP contribution in [-0.4, -0.2) is 50.5 Å². The second kappa shape index (κ2) is 10.1. The fourth-order valence-electron chi connectivity index (χ4n) is 4.31. The van der Waals surface area contributed by atoms with E-state index < -0.39 is 0 Å². The van der Waals surface area contributed by atoms with Crippen LogP contribution in [0, 0.1) is 6.92 Å². The van der Waals surface area contributed by atoms with Crippen LogP contribution in [-0.2, 0) is 19.5 Å². The van der Waals surface area contributed by atoms with Gasteiger partial charge in [-0.25, -0.2) is 0 Å². The molecule has 0 aliphatic carbocycles. The first-order valence-corrected chi connectivity index (χ1v) is 11.8. The van der Waals surface area contributed by atoms with E-state index in [1.807, 2.05) is 18.2 Å². The quantitative estimate of drug-likeness (QED) is 0.438. The van der Waals surface area contributed by atoms with Crippen molar-refractivity contribution in [2.75, 3.05) is 18.9 Å². The molecule has 2 N–H and O–H groups in total. The molecule has 4 aromatic rings. The molecule has 3 aromatic carbocycles. The maximum atomic E-state index is 12.9. The molecule has 36 heavy (non-hydrogen) atoms. The van der Waals surface area contributed by atoms with Gasteiger partial charge in [0.15, 0.2) is 5.82 Å². The van der Waals surface area contributed by atoms with Crippen molar-refractivity contribution < 1.29 is 9.59 Å². The van der Waals surface area contributed by atoms with E-state index in [2.05, 4.69) is 50.2 Å². The van der Waals surface area contributed by atoms with Crippen LogP contribution in [0.1, 0.15) is 43.2 Å². The Labute approximate surface area is 209 Å². The van der Waals surface area contributed by atoms with Gasteiger partial charge in [-0.1, -0.05) is 18.2 Å². The largest absolute Gasteiger partial charge is 0.348 e. The lowest BCUT2D eigenvalue weighted by Gasteiger charge is -2.25. The maximum absolute atomic E-state index is 12.9. The van der Waals surface area contributed by atoms with E-state index in [-0.39, 0.29) is 11.8 Å². The minimum atomic E-state index is -0.205. The zero-order valence-corrected chi connectivity index (χ0v) is 20.2. The highest BCUT2D eigenvalue weighted by atomic mass is 16.2. The maximum Gasteiger partial charge on any atom is 0.255 e. The fourth-order valence-corrected chi connectivity index (χ4v) is 4.31. The van der Waals surface area contributed by atoms with Gasteiger partial charge in [0.05, 0.1) is 5.69 Å². The Morgan fingerprint density at radius 1 is 0.944 bits per heavy atom. The summed E-state index contributed by atoms with van der Waals surface area (Å²) in [5, 5.41) is 17.3. The molecule has 0 bridgehead atoms. The van der Waals surface area contributed by atoms with Crippen molar-refractivity contribution in [2.24, 2.45) is 0 Å². The van der Waals surface area contributed by atoms with Crippen LogP contribution in [0.3, 0.4) is 0 Å². The average molecular weight is 482 g/mol. The summed E-state index contributed by atoms with van der Waals surface area (Å²) in [5.74, 6) is 0.278. The van der Waals surface area contributed by atoms with E-state index in [1.165, 1.54) is 11.1 Å². The number of aromatic nitrogens is 4. The Balaban J connectivity index is 1.20. The van der Waals surface area contributed by atoms with Gasteiger partial charge in [0.25, 0.3) is 11.8 Å². The van der Waals surface area contributed by atoms with E-state index in [1.54, 1.807) is 48.0 Å². The molecule has 0 unspecified atom stereocenters. The lowest BCUT2D eigenvalue weighted by atomic mass is 9.99. The second-order valence-corrected chi connectivity index (χ2v) is 8.99. The van der Waals surface area contributed by atoms with Crippen molar-refractivity contribution in [3.63, 3.8) is 0 Å². The molecule has 9 heteroatoms. The number of aryl methyl sites for hydroxylation is 1. The Morgan fingerprint density at radius 3 is 2.56 bits per heavy atom. The van der Waals surface area contributed by atoms with E-state index in [9.17, 15) is 9.59 Å². The Morgan fingerprint density at radius 2 is 1.78 bits per heavy atom. The Bertz CT molecular complexity index is 1410. The van der Waals surface area contributed by atoms with Crippen molar-refractivity contribution in [2.45, 2.75) is 26.4 Å². The molecule has 0 spiro atoms. The number of fused-ring (bicyclic) bond motifs is 1. The highest BCUT2D eigenvalue weighted by molar-refractivity contribution is 6.04. The monoisotopic (exact) mass is 481 g/mol. The number of tetrazole rings is 1. The van der Waals surface area contributed by atoms with Gasteiger partial charge in [-0.05, 0) is 96.0 Å². The number of anilines is 1. The van der Waals surface area contributed by atoms with Crippen molar-refractivity contribution >= 4 is 17.5 Å². The average Bonchev–Trinajstić information content (AvgIpc) is 3.33. The Kier molecular flexibility index (Phi) is 6.55. The van der Waals surface area contributed by atoms with Crippen LogP contribution in [0.25, 0.3) is 5.69 Å². The second-order valence-electron chi connectivity index (χ2n) is 8.99. The highest BCUT2D eigenvalue weighted by Crippen LogP contribution is 2.22. The van der Waals surface area contributed by atoms with Crippen LogP contribution >= 0.6 is 0 Å². The van der Waals surface area contributed by atoms with E-state index in [0.29, 0.717) is 23.5 Å². The summed E-state index contributed by atoms with van der Waals surface area (Å²) in [6, 6.07) is 20.4. The molecule has 0 radical (unpaired) electrons. The standard InChI is InChI=1S/C27H27N7O2/c1-18-30-31-32-34(18)25-10-7-21(8-11-25)26(35)28-16-19-4-3-5-22(14-19)27(36)29-24-9-6-20-12-13-33(2)17-23(20)15-24/h3-11,14-15H,12-13,16-17H2,1-2H3,(H,28,35)(H,29,36). The number of hydrogen-bond acceptors (Lipinski definition) is 6.